The van der Waals surface area contributed by atoms with Crippen LogP contribution in [0.2, 0.25) is 0 Å². The van der Waals surface area contributed by atoms with Gasteiger partial charge in [0.2, 0.25) is 0 Å². The Morgan fingerprint density at radius 1 is 1.35 bits per heavy atom. The summed E-state index contributed by atoms with van der Waals surface area (Å²) in [7, 11) is 0. The lowest BCUT2D eigenvalue weighted by atomic mass is 10.1. The minimum Gasteiger partial charge on any atom is -0.380 e. The van der Waals surface area contributed by atoms with E-state index < -0.39 is 0 Å². The molecular formula is C13H22N2OS. The third-order valence-corrected chi connectivity index (χ3v) is 4.27. The van der Waals surface area contributed by atoms with E-state index >= 15 is 0 Å². The van der Waals surface area contributed by atoms with Gasteiger partial charge in [0.15, 0.2) is 0 Å². The number of hydrogen-bond acceptors (Lipinski definition) is 4. The van der Waals surface area contributed by atoms with Crippen molar-refractivity contribution in [3.63, 3.8) is 0 Å². The molecule has 0 saturated carbocycles. The van der Waals surface area contributed by atoms with Crippen molar-refractivity contribution in [2.45, 2.75) is 32.4 Å². The van der Waals surface area contributed by atoms with Gasteiger partial charge in [-0.3, -0.25) is 4.90 Å². The Kier molecular flexibility index (Phi) is 4.56. The van der Waals surface area contributed by atoms with Crippen LogP contribution in [0.5, 0.6) is 0 Å². The van der Waals surface area contributed by atoms with Crippen molar-refractivity contribution in [3.05, 3.63) is 21.9 Å². The van der Waals surface area contributed by atoms with Gasteiger partial charge in [0.25, 0.3) is 0 Å². The van der Waals surface area contributed by atoms with Gasteiger partial charge in [-0.25, -0.2) is 0 Å². The van der Waals surface area contributed by atoms with Crippen molar-refractivity contribution in [2.75, 3.05) is 26.3 Å². The fourth-order valence-electron chi connectivity index (χ4n) is 2.43. The summed E-state index contributed by atoms with van der Waals surface area (Å²) in [6.45, 7) is 8.04. The van der Waals surface area contributed by atoms with Gasteiger partial charge in [0.1, 0.15) is 0 Å². The van der Waals surface area contributed by atoms with Crippen LogP contribution in [0.4, 0.5) is 0 Å². The van der Waals surface area contributed by atoms with E-state index in [1.165, 1.54) is 9.75 Å². The molecule has 0 spiro atoms. The highest BCUT2D eigenvalue weighted by molar-refractivity contribution is 7.12. The SMILES string of the molecule is Cc1ccc(C(C(C)N)N2CCCOCC2)s1. The van der Waals surface area contributed by atoms with Crippen LogP contribution in [0, 0.1) is 6.92 Å². The summed E-state index contributed by atoms with van der Waals surface area (Å²) in [4.78, 5) is 5.22. The monoisotopic (exact) mass is 254 g/mol. The summed E-state index contributed by atoms with van der Waals surface area (Å²) in [6.07, 6.45) is 1.10. The normalized spacial score (nSPS) is 22.1. The average molecular weight is 254 g/mol. The summed E-state index contributed by atoms with van der Waals surface area (Å²) >= 11 is 1.86. The van der Waals surface area contributed by atoms with Crippen molar-refractivity contribution >= 4 is 11.3 Å². The Balaban J connectivity index is 2.15. The summed E-state index contributed by atoms with van der Waals surface area (Å²) in [5.74, 6) is 0. The zero-order valence-electron chi connectivity index (χ0n) is 10.7. The zero-order chi connectivity index (χ0) is 12.3. The smallest absolute Gasteiger partial charge is 0.0593 e. The highest BCUT2D eigenvalue weighted by Crippen LogP contribution is 2.30. The Morgan fingerprint density at radius 3 is 2.82 bits per heavy atom. The van der Waals surface area contributed by atoms with Gasteiger partial charge in [-0.2, -0.15) is 0 Å². The number of nitrogens with two attached hydrogens (primary N) is 1. The molecule has 0 bridgehead atoms. The summed E-state index contributed by atoms with van der Waals surface area (Å²) in [5.41, 5.74) is 6.18. The summed E-state index contributed by atoms with van der Waals surface area (Å²) in [5, 5.41) is 0. The molecule has 0 amide bonds. The van der Waals surface area contributed by atoms with Crippen molar-refractivity contribution in [2.24, 2.45) is 5.73 Å². The number of thiophene rings is 1. The molecule has 1 saturated heterocycles. The van der Waals surface area contributed by atoms with Crippen LogP contribution in [-0.4, -0.2) is 37.2 Å². The van der Waals surface area contributed by atoms with E-state index in [1.807, 2.05) is 11.3 Å². The average Bonchev–Trinajstić information content (AvgIpc) is 2.53. The standard InChI is InChI=1S/C13H22N2OS/c1-10-4-5-12(17-10)13(11(2)14)15-6-3-8-16-9-7-15/h4-5,11,13H,3,6-9,14H2,1-2H3. The lowest BCUT2D eigenvalue weighted by Gasteiger charge is -2.32. The third kappa shape index (κ3) is 3.28. The van der Waals surface area contributed by atoms with Gasteiger partial charge in [-0.15, -0.1) is 11.3 Å². The van der Waals surface area contributed by atoms with Crippen LogP contribution in [-0.2, 0) is 4.74 Å². The maximum Gasteiger partial charge on any atom is 0.0593 e. The molecule has 1 aromatic rings. The van der Waals surface area contributed by atoms with Crippen LogP contribution in [0.25, 0.3) is 0 Å². The largest absolute Gasteiger partial charge is 0.380 e. The predicted octanol–water partition coefficient (Wildman–Crippen LogP) is 2.17. The van der Waals surface area contributed by atoms with E-state index in [1.54, 1.807) is 0 Å². The molecule has 0 radical (unpaired) electrons. The highest BCUT2D eigenvalue weighted by atomic mass is 32.1. The zero-order valence-corrected chi connectivity index (χ0v) is 11.5. The third-order valence-electron chi connectivity index (χ3n) is 3.20. The molecule has 17 heavy (non-hydrogen) atoms. The number of nitrogens with zero attached hydrogens (tertiary/aromatic N) is 1. The number of ether oxygens (including phenoxy) is 1. The first-order valence-electron chi connectivity index (χ1n) is 6.32. The maximum atomic E-state index is 6.18. The molecule has 96 valence electrons. The van der Waals surface area contributed by atoms with Gasteiger partial charge in [-0.05, 0) is 32.4 Å². The summed E-state index contributed by atoms with van der Waals surface area (Å²) in [6, 6.07) is 4.91. The second-order valence-electron chi connectivity index (χ2n) is 4.75. The Morgan fingerprint density at radius 2 is 2.18 bits per heavy atom. The second kappa shape index (κ2) is 5.96. The molecule has 1 aromatic heterocycles. The lowest BCUT2D eigenvalue weighted by Crippen LogP contribution is -2.40. The Labute approximate surface area is 108 Å². The Bertz CT molecular complexity index is 343. The molecule has 2 atom stereocenters. The van der Waals surface area contributed by atoms with E-state index in [0.29, 0.717) is 6.04 Å². The quantitative estimate of drug-likeness (QED) is 0.898. The van der Waals surface area contributed by atoms with E-state index in [0.717, 1.165) is 32.7 Å². The van der Waals surface area contributed by atoms with Crippen LogP contribution in [0.3, 0.4) is 0 Å². The minimum atomic E-state index is 0.158. The number of aryl methyl sites for hydroxylation is 1. The summed E-state index contributed by atoms with van der Waals surface area (Å²) < 4.78 is 5.52. The molecule has 1 aliphatic rings. The first-order chi connectivity index (χ1) is 8.18. The van der Waals surface area contributed by atoms with Crippen LogP contribution in [0.15, 0.2) is 12.1 Å². The van der Waals surface area contributed by atoms with Crippen molar-refractivity contribution < 1.29 is 4.74 Å². The first kappa shape index (κ1) is 13.0. The van der Waals surface area contributed by atoms with E-state index in [4.69, 9.17) is 10.5 Å². The predicted molar refractivity (Wildman–Crippen MR) is 72.5 cm³/mol. The van der Waals surface area contributed by atoms with E-state index in [2.05, 4.69) is 30.9 Å². The number of rotatable bonds is 3. The fraction of sp³-hybridized carbons (Fsp3) is 0.692. The topological polar surface area (TPSA) is 38.5 Å². The highest BCUT2D eigenvalue weighted by Gasteiger charge is 2.25. The van der Waals surface area contributed by atoms with Crippen molar-refractivity contribution in [1.29, 1.82) is 0 Å². The molecule has 2 N–H and O–H groups in total. The fourth-order valence-corrected chi connectivity index (χ4v) is 3.56. The van der Waals surface area contributed by atoms with Crippen LogP contribution in [0.1, 0.15) is 29.1 Å². The van der Waals surface area contributed by atoms with Crippen molar-refractivity contribution in [1.82, 2.24) is 4.90 Å². The molecule has 1 fully saturated rings. The van der Waals surface area contributed by atoms with E-state index in [9.17, 15) is 0 Å². The molecule has 2 rings (SSSR count). The van der Waals surface area contributed by atoms with Crippen molar-refractivity contribution in [3.8, 4) is 0 Å². The Hall–Kier alpha value is -0.420. The second-order valence-corrected chi connectivity index (χ2v) is 6.07. The molecule has 0 aliphatic carbocycles. The molecule has 0 aromatic carbocycles. The van der Waals surface area contributed by atoms with Gasteiger partial charge in [-0.1, -0.05) is 0 Å². The molecule has 1 aliphatic heterocycles. The number of hydrogen-bond donors (Lipinski definition) is 1. The molecular weight excluding hydrogens is 232 g/mol. The maximum absolute atomic E-state index is 6.18. The first-order valence-corrected chi connectivity index (χ1v) is 7.14. The van der Waals surface area contributed by atoms with Gasteiger partial charge < -0.3 is 10.5 Å². The molecule has 3 nitrogen and oxygen atoms in total. The molecule has 2 unspecified atom stereocenters. The van der Waals surface area contributed by atoms with Crippen LogP contribution >= 0.6 is 11.3 Å². The van der Waals surface area contributed by atoms with Crippen LogP contribution < -0.4 is 5.73 Å². The van der Waals surface area contributed by atoms with Gasteiger partial charge in [0.05, 0.1) is 12.6 Å². The van der Waals surface area contributed by atoms with Gasteiger partial charge >= 0.3 is 0 Å². The van der Waals surface area contributed by atoms with E-state index in [-0.39, 0.29) is 6.04 Å². The lowest BCUT2D eigenvalue weighted by molar-refractivity contribution is 0.127. The molecule has 4 heteroatoms. The minimum absolute atomic E-state index is 0.158. The molecule has 2 heterocycles. The van der Waals surface area contributed by atoms with Gasteiger partial charge in [0, 0.05) is 35.5 Å².